The molecule has 3 heterocycles. The maximum atomic E-state index is 13.4. The van der Waals surface area contributed by atoms with Crippen molar-refractivity contribution in [3.05, 3.63) is 44.3 Å². The molecular weight excluding hydrogens is 400 g/mol. The van der Waals surface area contributed by atoms with Crippen molar-refractivity contribution >= 4 is 44.0 Å². The summed E-state index contributed by atoms with van der Waals surface area (Å²) < 4.78 is 1.93. The fraction of sp³-hybridized carbons (Fsp3) is 0.522. The predicted octanol–water partition coefficient (Wildman–Crippen LogP) is 5.52. The summed E-state index contributed by atoms with van der Waals surface area (Å²) in [6.07, 6.45) is 11.9. The molecule has 0 unspecified atom stereocenters. The largest absolute Gasteiger partial charge is 0.296 e. The molecule has 0 saturated heterocycles. The highest BCUT2D eigenvalue weighted by Gasteiger charge is 2.27. The highest BCUT2D eigenvalue weighted by molar-refractivity contribution is 8.08. The molecule has 1 aliphatic carbocycles. The lowest BCUT2D eigenvalue weighted by atomic mass is 9.95. The second-order valence-corrected chi connectivity index (χ2v) is 9.99. The van der Waals surface area contributed by atoms with Gasteiger partial charge in [0.2, 0.25) is 0 Å². The van der Waals surface area contributed by atoms with E-state index in [9.17, 15) is 9.59 Å². The third kappa shape index (κ3) is 4.15. The van der Waals surface area contributed by atoms with Crippen molar-refractivity contribution in [3.63, 3.8) is 0 Å². The first-order valence-corrected chi connectivity index (χ1v) is 12.5. The van der Waals surface area contributed by atoms with Crippen LogP contribution in [-0.4, -0.2) is 21.1 Å². The summed E-state index contributed by atoms with van der Waals surface area (Å²) in [6, 6.07) is 0. The lowest BCUT2D eigenvalue weighted by molar-refractivity contribution is -0.112. The molecule has 0 spiro atoms. The zero-order chi connectivity index (χ0) is 20.4. The van der Waals surface area contributed by atoms with E-state index in [0.29, 0.717) is 0 Å². The first-order chi connectivity index (χ1) is 14.1. The van der Waals surface area contributed by atoms with Gasteiger partial charge < -0.3 is 0 Å². The molecule has 0 N–H and O–H groups in total. The molecular formula is C23H28N2O2S2. The van der Waals surface area contributed by atoms with E-state index in [4.69, 9.17) is 4.98 Å². The van der Waals surface area contributed by atoms with Gasteiger partial charge in [-0.2, -0.15) is 0 Å². The summed E-state index contributed by atoms with van der Waals surface area (Å²) >= 11 is 3.55. The van der Waals surface area contributed by atoms with Gasteiger partial charge in [-0.1, -0.05) is 25.8 Å². The van der Waals surface area contributed by atoms with Gasteiger partial charge in [0.25, 0.3) is 5.56 Å². The van der Waals surface area contributed by atoms with Crippen LogP contribution in [0.25, 0.3) is 15.1 Å². The van der Waals surface area contributed by atoms with Gasteiger partial charge in [0.15, 0.2) is 5.78 Å². The third-order valence-electron chi connectivity index (χ3n) is 5.68. The van der Waals surface area contributed by atoms with Crippen LogP contribution in [0.3, 0.4) is 0 Å². The number of thiophene rings is 1. The van der Waals surface area contributed by atoms with Crippen molar-refractivity contribution in [2.24, 2.45) is 0 Å². The molecule has 154 valence electrons. The molecule has 0 bridgehead atoms. The van der Waals surface area contributed by atoms with Crippen molar-refractivity contribution in [2.75, 3.05) is 5.75 Å². The maximum absolute atomic E-state index is 13.4. The quantitative estimate of drug-likeness (QED) is 0.449. The number of aromatic nitrogens is 2. The molecule has 0 radical (unpaired) electrons. The van der Waals surface area contributed by atoms with Gasteiger partial charge in [-0.3, -0.25) is 14.2 Å². The standard InChI is InChI=1S/C23H28N2O2S2/c1-3-4-14-28-20-16(10-9-15(2)26)11-12-17-19-22(29-21(17)20)24-18-8-6-5-7-13-25(18)23(19)27/h9-10H,3-8,11-14H2,1-2H3/b10-9+. The number of ketones is 1. The Morgan fingerprint density at radius 1 is 1.24 bits per heavy atom. The highest BCUT2D eigenvalue weighted by atomic mass is 32.2. The molecule has 29 heavy (non-hydrogen) atoms. The summed E-state index contributed by atoms with van der Waals surface area (Å²) in [5.74, 6) is 2.08. The topological polar surface area (TPSA) is 52.0 Å². The van der Waals surface area contributed by atoms with E-state index in [1.54, 1.807) is 24.3 Å². The van der Waals surface area contributed by atoms with Gasteiger partial charge in [0, 0.05) is 22.7 Å². The lowest BCUT2D eigenvalue weighted by Gasteiger charge is -2.18. The van der Waals surface area contributed by atoms with Crippen LogP contribution in [0.4, 0.5) is 0 Å². The van der Waals surface area contributed by atoms with Gasteiger partial charge in [-0.05, 0) is 62.0 Å². The summed E-state index contributed by atoms with van der Waals surface area (Å²) in [6.45, 7) is 4.59. The molecule has 0 aromatic carbocycles. The second-order valence-electron chi connectivity index (χ2n) is 7.89. The Morgan fingerprint density at radius 3 is 2.90 bits per heavy atom. The van der Waals surface area contributed by atoms with E-state index in [2.05, 4.69) is 6.92 Å². The molecule has 0 atom stereocenters. The normalized spacial score (nSPS) is 16.9. The number of hydrogen-bond donors (Lipinski definition) is 0. The maximum Gasteiger partial charge on any atom is 0.262 e. The highest BCUT2D eigenvalue weighted by Crippen LogP contribution is 2.46. The van der Waals surface area contributed by atoms with Crippen LogP contribution < -0.4 is 5.56 Å². The van der Waals surface area contributed by atoms with Gasteiger partial charge in [-0.15, -0.1) is 23.1 Å². The van der Waals surface area contributed by atoms with Gasteiger partial charge in [0.05, 0.1) is 5.39 Å². The predicted molar refractivity (Wildman–Crippen MR) is 124 cm³/mol. The van der Waals surface area contributed by atoms with Crippen LogP contribution in [0.1, 0.15) is 68.6 Å². The average molecular weight is 429 g/mol. The first-order valence-electron chi connectivity index (χ1n) is 10.7. The number of carbonyl (C=O) groups is 1. The summed E-state index contributed by atoms with van der Waals surface area (Å²) in [7, 11) is 0. The fourth-order valence-electron chi connectivity index (χ4n) is 4.13. The molecule has 0 saturated carbocycles. The number of allylic oxidation sites excluding steroid dienone is 3. The number of rotatable bonds is 6. The molecule has 0 fully saturated rings. The van der Waals surface area contributed by atoms with Crippen molar-refractivity contribution in [1.82, 2.24) is 9.55 Å². The third-order valence-corrected chi connectivity index (χ3v) is 8.20. The summed E-state index contributed by atoms with van der Waals surface area (Å²) in [5.41, 5.74) is 2.56. The molecule has 1 aliphatic heterocycles. The van der Waals surface area contributed by atoms with E-state index in [-0.39, 0.29) is 11.3 Å². The van der Waals surface area contributed by atoms with Crippen LogP contribution in [0.5, 0.6) is 0 Å². The van der Waals surface area contributed by atoms with Crippen LogP contribution in [-0.2, 0) is 24.2 Å². The fourth-order valence-corrected chi connectivity index (χ4v) is 6.88. The Balaban J connectivity index is 1.86. The number of aryl methyl sites for hydroxylation is 2. The van der Waals surface area contributed by atoms with E-state index < -0.39 is 0 Å². The number of nitrogens with zero attached hydrogens (tertiary/aromatic N) is 2. The second kappa shape index (κ2) is 9.00. The molecule has 2 aliphatic rings. The number of hydrogen-bond acceptors (Lipinski definition) is 5. The van der Waals surface area contributed by atoms with Crippen LogP contribution in [0.2, 0.25) is 0 Å². The van der Waals surface area contributed by atoms with Crippen LogP contribution >= 0.6 is 23.1 Å². The molecule has 0 amide bonds. The Bertz CT molecular complexity index is 1060. The van der Waals surface area contributed by atoms with E-state index in [0.717, 1.165) is 73.3 Å². The Morgan fingerprint density at radius 2 is 2.10 bits per heavy atom. The minimum Gasteiger partial charge on any atom is -0.296 e. The molecule has 2 aromatic rings. The zero-order valence-electron chi connectivity index (χ0n) is 17.3. The van der Waals surface area contributed by atoms with E-state index in [1.165, 1.54) is 27.3 Å². The first kappa shape index (κ1) is 20.6. The van der Waals surface area contributed by atoms with Gasteiger partial charge >= 0.3 is 0 Å². The minimum absolute atomic E-state index is 0.0706. The Hall–Kier alpha value is -1.66. The van der Waals surface area contributed by atoms with Gasteiger partial charge in [-0.25, -0.2) is 4.98 Å². The van der Waals surface area contributed by atoms with Crippen molar-refractivity contribution in [1.29, 1.82) is 0 Å². The molecule has 2 aromatic heterocycles. The van der Waals surface area contributed by atoms with Crippen LogP contribution in [0, 0.1) is 0 Å². The Labute approximate surface area is 180 Å². The van der Waals surface area contributed by atoms with Crippen molar-refractivity contribution < 1.29 is 4.79 Å². The number of carbonyl (C=O) groups excluding carboxylic acids is 1. The summed E-state index contributed by atoms with van der Waals surface area (Å²) in [5, 5.41) is 0.846. The van der Waals surface area contributed by atoms with Crippen molar-refractivity contribution in [3.8, 4) is 0 Å². The average Bonchev–Trinajstić information content (AvgIpc) is 2.90. The van der Waals surface area contributed by atoms with Gasteiger partial charge in [0.1, 0.15) is 10.7 Å². The van der Waals surface area contributed by atoms with Crippen molar-refractivity contribution in [2.45, 2.75) is 71.8 Å². The lowest BCUT2D eigenvalue weighted by Crippen LogP contribution is -2.24. The minimum atomic E-state index is 0.0706. The molecule has 4 rings (SSSR count). The zero-order valence-corrected chi connectivity index (χ0v) is 18.9. The summed E-state index contributed by atoms with van der Waals surface area (Å²) in [4.78, 5) is 33.2. The number of unbranched alkanes of at least 4 members (excludes halogenated alkanes) is 1. The molecule has 4 nitrogen and oxygen atoms in total. The van der Waals surface area contributed by atoms with E-state index in [1.807, 2.05) is 22.4 Å². The van der Waals surface area contributed by atoms with Crippen LogP contribution in [0.15, 0.2) is 22.5 Å². The monoisotopic (exact) mass is 428 g/mol. The Kier molecular flexibility index (Phi) is 6.40. The van der Waals surface area contributed by atoms with E-state index >= 15 is 0 Å². The number of thioether (sulfide) groups is 1. The number of fused-ring (bicyclic) bond motifs is 4. The molecule has 6 heteroatoms. The SMILES string of the molecule is CCCCSC1=C(/C=C/C(C)=O)CCc2c1sc1nc3n(c(=O)c21)CCCCC3. The smallest absolute Gasteiger partial charge is 0.262 e.